The van der Waals surface area contributed by atoms with Gasteiger partial charge in [-0.05, 0) is 48.6 Å². The number of aryl methyl sites for hydroxylation is 2. The molecule has 0 saturated carbocycles. The van der Waals surface area contributed by atoms with Crippen LogP contribution in [0.25, 0.3) is 0 Å². The molecule has 1 fully saturated rings. The number of rotatable bonds is 5. The summed E-state index contributed by atoms with van der Waals surface area (Å²) in [6.45, 7) is 15.4. The summed E-state index contributed by atoms with van der Waals surface area (Å²) in [5, 5.41) is 6.30. The summed E-state index contributed by atoms with van der Waals surface area (Å²) in [6.07, 6.45) is 0. The van der Waals surface area contributed by atoms with Crippen molar-refractivity contribution in [1.29, 1.82) is 0 Å². The van der Waals surface area contributed by atoms with E-state index in [-0.39, 0.29) is 11.3 Å². The Morgan fingerprint density at radius 1 is 1.06 bits per heavy atom. The largest absolute Gasteiger partial charge is 0.379 e. The third-order valence-corrected chi connectivity index (χ3v) is 5.67. The van der Waals surface area contributed by atoms with Gasteiger partial charge in [-0.25, -0.2) is 0 Å². The molecule has 1 saturated heterocycles. The van der Waals surface area contributed by atoms with Gasteiger partial charge in [-0.1, -0.05) is 50.6 Å². The number of anilines is 1. The first-order valence-electron chi connectivity index (χ1n) is 11.3. The molecule has 2 aromatic carbocycles. The summed E-state index contributed by atoms with van der Waals surface area (Å²) in [5.41, 5.74) is 5.09. The summed E-state index contributed by atoms with van der Waals surface area (Å²) >= 11 is 0. The topological polar surface area (TPSA) is 66.0 Å². The van der Waals surface area contributed by atoms with Crippen LogP contribution in [0.15, 0.2) is 47.5 Å². The Morgan fingerprint density at radius 2 is 1.75 bits per heavy atom. The molecule has 0 bridgehead atoms. The molecule has 1 amide bonds. The number of ether oxygens (including phenoxy) is 1. The van der Waals surface area contributed by atoms with Crippen molar-refractivity contribution < 1.29 is 9.53 Å². The lowest BCUT2D eigenvalue weighted by molar-refractivity contribution is 0.0394. The quantitative estimate of drug-likeness (QED) is 0.546. The summed E-state index contributed by atoms with van der Waals surface area (Å²) in [6, 6.07) is 14.0. The zero-order valence-corrected chi connectivity index (χ0v) is 20.0. The van der Waals surface area contributed by atoms with Crippen molar-refractivity contribution in [3.05, 3.63) is 64.7 Å². The molecule has 0 aliphatic carbocycles. The number of carbonyl (C=O) groups excluding carboxylic acids is 1. The number of nitrogens with one attached hydrogen (secondary N) is 2. The van der Waals surface area contributed by atoms with Gasteiger partial charge in [0.1, 0.15) is 0 Å². The fourth-order valence-corrected chi connectivity index (χ4v) is 3.62. The Hall–Kier alpha value is -2.70. The van der Waals surface area contributed by atoms with Crippen LogP contribution in [0.4, 0.5) is 5.69 Å². The number of aliphatic imine (C=N–C) groups is 1. The van der Waals surface area contributed by atoms with Crippen LogP contribution >= 0.6 is 0 Å². The van der Waals surface area contributed by atoms with Crippen molar-refractivity contribution in [2.45, 2.75) is 40.0 Å². The Bertz CT molecular complexity index is 939. The van der Waals surface area contributed by atoms with Gasteiger partial charge in [0.25, 0.3) is 5.91 Å². The van der Waals surface area contributed by atoms with E-state index in [4.69, 9.17) is 9.73 Å². The smallest absolute Gasteiger partial charge is 0.257 e. The van der Waals surface area contributed by atoms with Gasteiger partial charge < -0.3 is 10.1 Å². The average Bonchev–Trinajstić information content (AvgIpc) is 2.76. The Balaban J connectivity index is 1.72. The van der Waals surface area contributed by atoms with Crippen LogP contribution in [0, 0.1) is 13.8 Å². The molecule has 0 aromatic heterocycles. The molecule has 2 N–H and O–H groups in total. The lowest BCUT2D eigenvalue weighted by atomic mass is 9.87. The van der Waals surface area contributed by atoms with Crippen LogP contribution in [0.1, 0.15) is 47.8 Å². The Kier molecular flexibility index (Phi) is 8.04. The predicted octanol–water partition coefficient (Wildman–Crippen LogP) is 4.13. The molecule has 0 atom stereocenters. The van der Waals surface area contributed by atoms with Crippen LogP contribution < -0.4 is 10.6 Å². The third kappa shape index (κ3) is 6.90. The van der Waals surface area contributed by atoms with E-state index >= 15 is 0 Å². The van der Waals surface area contributed by atoms with E-state index in [9.17, 15) is 4.79 Å². The number of hydrogen-bond acceptors (Lipinski definition) is 4. The predicted molar refractivity (Wildman–Crippen MR) is 132 cm³/mol. The highest BCUT2D eigenvalue weighted by Crippen LogP contribution is 2.22. The van der Waals surface area contributed by atoms with Gasteiger partial charge in [0.15, 0.2) is 0 Å². The van der Waals surface area contributed by atoms with E-state index in [1.54, 1.807) is 0 Å². The fraction of sp³-hybridized carbons (Fsp3) is 0.462. The van der Waals surface area contributed by atoms with Crippen molar-refractivity contribution in [1.82, 2.24) is 10.2 Å². The maximum atomic E-state index is 13.0. The number of hydrogen-bond donors (Lipinski definition) is 2. The number of carbonyl (C=O) groups is 1. The molecule has 2 aromatic rings. The van der Waals surface area contributed by atoms with E-state index in [0.717, 1.165) is 44.1 Å². The highest BCUT2D eigenvalue weighted by Gasteiger charge is 2.16. The number of amides is 1. The second-order valence-electron chi connectivity index (χ2n) is 9.41. The van der Waals surface area contributed by atoms with Gasteiger partial charge in [0, 0.05) is 30.9 Å². The molecular weight excluding hydrogens is 400 g/mol. The van der Waals surface area contributed by atoms with Gasteiger partial charge in [-0.3, -0.25) is 20.0 Å². The van der Waals surface area contributed by atoms with Crippen molar-refractivity contribution in [2.75, 3.05) is 44.7 Å². The second-order valence-corrected chi connectivity index (χ2v) is 9.41. The van der Waals surface area contributed by atoms with Gasteiger partial charge in [0.2, 0.25) is 5.96 Å². The first-order chi connectivity index (χ1) is 15.2. The number of guanidine groups is 1. The standard InChI is InChI=1S/C26H36N4O2/c1-19-6-11-23(20(2)18-19)28-25(27-12-13-30-14-16-32-17-15-30)29-24(31)21-7-9-22(10-8-21)26(3,4)5/h6-11,18H,12-17H2,1-5H3,(H2,27,28,29,31). The van der Waals surface area contributed by atoms with Crippen molar-refractivity contribution >= 4 is 17.6 Å². The van der Waals surface area contributed by atoms with Crippen molar-refractivity contribution in [3.63, 3.8) is 0 Å². The molecule has 0 spiro atoms. The number of benzene rings is 2. The average molecular weight is 437 g/mol. The van der Waals surface area contributed by atoms with Crippen LogP contribution in [0.2, 0.25) is 0 Å². The van der Waals surface area contributed by atoms with Crippen molar-refractivity contribution in [2.24, 2.45) is 4.99 Å². The van der Waals surface area contributed by atoms with E-state index in [1.165, 1.54) is 11.1 Å². The van der Waals surface area contributed by atoms with Gasteiger partial charge in [0.05, 0.1) is 19.8 Å². The highest BCUT2D eigenvalue weighted by atomic mass is 16.5. The molecule has 6 heteroatoms. The minimum absolute atomic E-state index is 0.0473. The van der Waals surface area contributed by atoms with Gasteiger partial charge >= 0.3 is 0 Å². The summed E-state index contributed by atoms with van der Waals surface area (Å²) in [4.78, 5) is 20.0. The highest BCUT2D eigenvalue weighted by molar-refractivity contribution is 6.10. The number of nitrogens with zero attached hydrogens (tertiary/aromatic N) is 2. The van der Waals surface area contributed by atoms with Crippen LogP contribution in [-0.4, -0.2) is 56.2 Å². The van der Waals surface area contributed by atoms with E-state index in [0.29, 0.717) is 18.1 Å². The summed E-state index contributed by atoms with van der Waals surface area (Å²) in [5.74, 6) is 0.294. The lowest BCUT2D eigenvalue weighted by Gasteiger charge is -2.25. The first-order valence-corrected chi connectivity index (χ1v) is 11.3. The monoisotopic (exact) mass is 436 g/mol. The van der Waals surface area contributed by atoms with Gasteiger partial charge in [-0.2, -0.15) is 0 Å². The molecule has 1 heterocycles. The maximum absolute atomic E-state index is 13.0. The summed E-state index contributed by atoms with van der Waals surface area (Å²) < 4.78 is 5.41. The van der Waals surface area contributed by atoms with Gasteiger partial charge in [-0.15, -0.1) is 0 Å². The van der Waals surface area contributed by atoms with E-state index in [1.807, 2.05) is 43.3 Å². The molecule has 172 valence electrons. The minimum Gasteiger partial charge on any atom is -0.379 e. The zero-order chi connectivity index (χ0) is 23.1. The second kappa shape index (κ2) is 10.7. The molecule has 32 heavy (non-hydrogen) atoms. The molecule has 0 radical (unpaired) electrons. The molecule has 6 nitrogen and oxygen atoms in total. The van der Waals surface area contributed by atoms with Crippen LogP contribution in [0.5, 0.6) is 0 Å². The molecule has 3 rings (SSSR count). The SMILES string of the molecule is Cc1ccc(NC(=NCCN2CCOCC2)NC(=O)c2ccc(C(C)(C)C)cc2)c(C)c1. The zero-order valence-electron chi connectivity index (χ0n) is 20.0. The first kappa shape index (κ1) is 24.0. The molecule has 1 aliphatic heterocycles. The lowest BCUT2D eigenvalue weighted by Crippen LogP contribution is -2.39. The van der Waals surface area contributed by atoms with Crippen molar-refractivity contribution in [3.8, 4) is 0 Å². The van der Waals surface area contributed by atoms with E-state index in [2.05, 4.69) is 49.3 Å². The molecular formula is C26H36N4O2. The van der Waals surface area contributed by atoms with E-state index < -0.39 is 0 Å². The molecule has 1 aliphatic rings. The maximum Gasteiger partial charge on any atom is 0.257 e. The fourth-order valence-electron chi connectivity index (χ4n) is 3.62. The Labute approximate surface area is 192 Å². The number of morpholine rings is 1. The third-order valence-electron chi connectivity index (χ3n) is 5.67. The Morgan fingerprint density at radius 3 is 2.38 bits per heavy atom. The summed E-state index contributed by atoms with van der Waals surface area (Å²) in [7, 11) is 0. The molecule has 0 unspecified atom stereocenters. The minimum atomic E-state index is -0.173. The normalized spacial score (nSPS) is 15.5. The van der Waals surface area contributed by atoms with Crippen LogP contribution in [0.3, 0.4) is 0 Å². The van der Waals surface area contributed by atoms with Crippen LogP contribution in [-0.2, 0) is 10.2 Å².